The minimum Gasteiger partial charge on any atom is -0.418 e. The number of methoxy groups -OCH3 is 8. The van der Waals surface area contributed by atoms with E-state index in [2.05, 4.69) is 0 Å². The summed E-state index contributed by atoms with van der Waals surface area (Å²) in [6.45, 7) is 7.19. The second-order valence-electron chi connectivity index (χ2n) is 10.9. The van der Waals surface area contributed by atoms with E-state index in [-0.39, 0.29) is 48.2 Å². The molecule has 0 aromatic carbocycles. The molecule has 23 heteroatoms. The number of halogens is 8. The van der Waals surface area contributed by atoms with Gasteiger partial charge in [0.25, 0.3) is 0 Å². The average molecular weight is 889 g/mol. The van der Waals surface area contributed by atoms with Crippen molar-refractivity contribution in [3.63, 3.8) is 0 Å². The first-order chi connectivity index (χ1) is 23.6. The topological polar surface area (TPSA) is 73.8 Å². The normalized spacial score (nSPS) is 11.5. The van der Waals surface area contributed by atoms with Crippen molar-refractivity contribution >= 4 is 46.2 Å². The molecule has 0 aliphatic heterocycles. The molecule has 0 saturated carbocycles. The predicted octanol–water partition coefficient (Wildman–Crippen LogP) is 6.60. The summed E-state index contributed by atoms with van der Waals surface area (Å²) in [6, 6.07) is 0. The number of rotatable bonds is 30. The maximum Gasteiger partial charge on any atom is 2.00 e. The van der Waals surface area contributed by atoms with Gasteiger partial charge >= 0.3 is 31.0 Å². The summed E-state index contributed by atoms with van der Waals surface area (Å²) in [5.41, 5.74) is 0. The summed E-state index contributed by atoms with van der Waals surface area (Å²) in [5, 5.41) is 0. The second kappa shape index (κ2) is 45.8. The van der Waals surface area contributed by atoms with Crippen LogP contribution in [-0.2, 0) is 54.4 Å². The van der Waals surface area contributed by atoms with Gasteiger partial charge in [0.2, 0.25) is 0 Å². The van der Waals surface area contributed by atoms with Crippen molar-refractivity contribution in [1.82, 2.24) is 0 Å². The molecule has 0 saturated heterocycles. The third-order valence-electron chi connectivity index (χ3n) is 6.94. The van der Waals surface area contributed by atoms with Gasteiger partial charge in [-0.05, 0) is 0 Å². The van der Waals surface area contributed by atoms with Gasteiger partial charge in [0.1, 0.15) is 0 Å². The first kappa shape index (κ1) is 61.7. The summed E-state index contributed by atoms with van der Waals surface area (Å²) in [5.74, 6) is 0. The molecule has 8 nitrogen and oxygen atoms in total. The van der Waals surface area contributed by atoms with E-state index in [9.17, 15) is 34.5 Å². The molecule has 0 aliphatic rings. The molecule has 0 N–H and O–H groups in total. The third kappa shape index (κ3) is 66.7. The SMILES string of the molecule is COCC[PH+](CCOC)CC[PH+](CCOC)CCOC.COCC[PH+](CCOC)CC[PH+](CCOC)CCOC.F[B-](F)(F)F.F[B-](F)(F)F.[Ni+2]. The summed E-state index contributed by atoms with van der Waals surface area (Å²) >= 11 is 0. The van der Waals surface area contributed by atoms with Crippen LogP contribution in [-0.4, -0.2) is 198 Å². The first-order valence-corrected chi connectivity index (χ1v) is 25.0. The summed E-state index contributed by atoms with van der Waals surface area (Å²) in [7, 11) is 1.07. The maximum atomic E-state index is 9.75. The zero-order valence-electron chi connectivity index (χ0n) is 31.9. The Hall–Kier alpha value is 1.46. The number of ether oxygens (including phenoxy) is 8. The van der Waals surface area contributed by atoms with E-state index in [4.69, 9.17) is 37.9 Å². The Kier molecular flexibility index (Phi) is 55.5. The first-order valence-electron chi connectivity index (χ1n) is 16.6. The van der Waals surface area contributed by atoms with E-state index in [0.717, 1.165) is 52.9 Å². The Bertz CT molecular complexity index is 535. The monoisotopic (exact) mass is 888 g/mol. The summed E-state index contributed by atoms with van der Waals surface area (Å²) < 4.78 is 120. The second-order valence-corrected chi connectivity index (χ2v) is 22.9. The van der Waals surface area contributed by atoms with E-state index in [1.165, 1.54) is 73.9 Å². The van der Waals surface area contributed by atoms with Crippen LogP contribution < -0.4 is 0 Å². The zero-order valence-corrected chi connectivity index (χ0v) is 36.9. The molecule has 51 heavy (non-hydrogen) atoms. The molecular weight excluding hydrogens is 820 g/mol. The molecule has 0 bridgehead atoms. The molecule has 0 aromatic heterocycles. The van der Waals surface area contributed by atoms with Crippen molar-refractivity contribution in [1.29, 1.82) is 0 Å². The fourth-order valence-electron chi connectivity index (χ4n) is 4.18. The van der Waals surface area contributed by atoms with Gasteiger partial charge in [-0.15, -0.1) is 0 Å². The van der Waals surface area contributed by atoms with E-state index < -0.39 is 14.5 Å². The molecule has 0 amide bonds. The number of hydrogen-bond acceptors (Lipinski definition) is 8. The van der Waals surface area contributed by atoms with Gasteiger partial charge in [0.05, 0.1) is 127 Å². The Morgan fingerprint density at radius 1 is 0.275 bits per heavy atom. The molecule has 0 heterocycles. The van der Waals surface area contributed by atoms with E-state index in [0.29, 0.717) is 0 Å². The van der Waals surface area contributed by atoms with Crippen LogP contribution in [0.5, 0.6) is 0 Å². The molecule has 0 spiro atoms. The van der Waals surface area contributed by atoms with Crippen LogP contribution in [0.1, 0.15) is 0 Å². The smallest absolute Gasteiger partial charge is 0.418 e. The molecule has 0 aliphatic carbocycles. The van der Waals surface area contributed by atoms with Gasteiger partial charge in [-0.3, -0.25) is 0 Å². The minimum atomic E-state index is -6.00. The molecule has 0 atom stereocenters. The van der Waals surface area contributed by atoms with Gasteiger partial charge in [-0.2, -0.15) is 0 Å². The van der Waals surface area contributed by atoms with E-state index in [1.807, 2.05) is 0 Å². The van der Waals surface area contributed by atoms with Gasteiger partial charge in [0, 0.05) is 88.6 Å². The molecule has 0 radical (unpaired) electrons. The van der Waals surface area contributed by atoms with Crippen LogP contribution in [0.2, 0.25) is 0 Å². The standard InChI is InChI=1S/2C14H32O4P2.2BF4.Ni/c2*1-15-5-9-19(10-6-16-2)13-14-20(11-7-17-3)12-8-18-4;2*2-1(3,4)5;/h2*5-14H2,1-4H3;;;/q;;2*-1;+2/p+4. The Morgan fingerprint density at radius 3 is 0.451 bits per heavy atom. The largest absolute Gasteiger partial charge is 2.00 e. The van der Waals surface area contributed by atoms with Crippen molar-refractivity contribution in [3.8, 4) is 0 Å². The number of hydrogen-bond donors (Lipinski definition) is 0. The van der Waals surface area contributed by atoms with Crippen LogP contribution >= 0.6 is 31.7 Å². The molecule has 0 unspecified atom stereocenters. The molecule has 0 fully saturated rings. The minimum absolute atomic E-state index is 0. The van der Waals surface area contributed by atoms with Crippen LogP contribution in [0.4, 0.5) is 34.5 Å². The fraction of sp³-hybridized carbons (Fsp3) is 1.00. The van der Waals surface area contributed by atoms with Crippen molar-refractivity contribution < 1.29 is 88.9 Å². The Labute approximate surface area is 318 Å². The Balaban J connectivity index is -0.000000215. The summed E-state index contributed by atoms with van der Waals surface area (Å²) in [6.07, 6.45) is 15.5. The summed E-state index contributed by atoms with van der Waals surface area (Å²) in [4.78, 5) is 0. The van der Waals surface area contributed by atoms with Gasteiger partial charge in [-0.1, -0.05) is 0 Å². The zero-order chi connectivity index (χ0) is 39.1. The molecule has 0 aromatic rings. The molecule has 0 rings (SSSR count). The molecule has 316 valence electrons. The van der Waals surface area contributed by atoms with Crippen LogP contribution in [0.15, 0.2) is 0 Å². The van der Waals surface area contributed by atoms with Crippen molar-refractivity contribution in [2.24, 2.45) is 0 Å². The average Bonchev–Trinajstić information content (AvgIpc) is 3.04. The van der Waals surface area contributed by atoms with Crippen molar-refractivity contribution in [3.05, 3.63) is 0 Å². The van der Waals surface area contributed by atoms with Crippen LogP contribution in [0.25, 0.3) is 0 Å². The predicted molar refractivity (Wildman–Crippen MR) is 207 cm³/mol. The van der Waals surface area contributed by atoms with Gasteiger partial charge in [0.15, 0.2) is 0 Å². The quantitative estimate of drug-likeness (QED) is 0.0455. The fourth-order valence-corrected chi connectivity index (χ4v) is 16.8. The van der Waals surface area contributed by atoms with Crippen molar-refractivity contribution in [2.45, 2.75) is 0 Å². The molecular formula is C28H68B2F8NiO8P4+4. The van der Waals surface area contributed by atoms with Crippen LogP contribution in [0, 0.1) is 0 Å². The van der Waals surface area contributed by atoms with Crippen LogP contribution in [0.3, 0.4) is 0 Å². The van der Waals surface area contributed by atoms with E-state index >= 15 is 0 Å². The third-order valence-corrected chi connectivity index (χ3v) is 19.1. The van der Waals surface area contributed by atoms with Gasteiger partial charge in [-0.25, -0.2) is 0 Å². The maximum absolute atomic E-state index is 9.75. The van der Waals surface area contributed by atoms with E-state index in [1.54, 1.807) is 56.9 Å². The van der Waals surface area contributed by atoms with Crippen molar-refractivity contribution in [2.75, 3.05) is 184 Å². The van der Waals surface area contributed by atoms with Gasteiger partial charge < -0.3 is 72.4 Å². The Morgan fingerprint density at radius 2 is 0.373 bits per heavy atom.